The Kier molecular flexibility index (Phi) is 7.05. The number of hydrogen-bond donors (Lipinski definition) is 1. The van der Waals surface area contributed by atoms with Crippen molar-refractivity contribution in [1.82, 2.24) is 10.2 Å². The van der Waals surface area contributed by atoms with E-state index in [1.165, 1.54) is 5.56 Å². The number of benzene rings is 2. The van der Waals surface area contributed by atoms with Crippen LogP contribution in [0.25, 0.3) is 0 Å². The first kappa shape index (κ1) is 22.3. The topological polar surface area (TPSA) is 49.4 Å². The van der Waals surface area contributed by atoms with E-state index in [0.29, 0.717) is 24.4 Å². The quantitative estimate of drug-likeness (QED) is 0.490. The van der Waals surface area contributed by atoms with Crippen LogP contribution in [0.4, 0.5) is 0 Å². The zero-order chi connectivity index (χ0) is 22.5. The fourth-order valence-corrected chi connectivity index (χ4v) is 4.96. The summed E-state index contributed by atoms with van der Waals surface area (Å²) < 4.78 is 0. The molecule has 1 N–H and O–H groups in total. The van der Waals surface area contributed by atoms with Gasteiger partial charge in [0.05, 0.1) is 6.04 Å². The molecule has 1 aliphatic rings. The van der Waals surface area contributed by atoms with E-state index < -0.39 is 0 Å². The van der Waals surface area contributed by atoms with E-state index in [1.807, 2.05) is 40.6 Å². The van der Waals surface area contributed by atoms with Crippen molar-refractivity contribution >= 4 is 23.2 Å². The molecule has 1 fully saturated rings. The molecule has 0 radical (unpaired) electrons. The van der Waals surface area contributed by atoms with E-state index in [0.717, 1.165) is 35.4 Å². The summed E-state index contributed by atoms with van der Waals surface area (Å²) in [6.07, 6.45) is 2.62. The molecule has 1 aromatic heterocycles. The molecule has 0 bridgehead atoms. The first-order chi connectivity index (χ1) is 15.5. The Morgan fingerprint density at radius 3 is 2.34 bits per heavy atom. The molecule has 0 spiro atoms. The first-order valence-electron chi connectivity index (χ1n) is 11.3. The zero-order valence-corrected chi connectivity index (χ0v) is 19.5. The van der Waals surface area contributed by atoms with Gasteiger partial charge in [0.15, 0.2) is 0 Å². The lowest BCUT2D eigenvalue weighted by atomic mass is 9.98. The van der Waals surface area contributed by atoms with Crippen molar-refractivity contribution in [3.8, 4) is 0 Å². The second-order valence-corrected chi connectivity index (χ2v) is 9.86. The van der Waals surface area contributed by atoms with Crippen LogP contribution in [0.5, 0.6) is 0 Å². The summed E-state index contributed by atoms with van der Waals surface area (Å²) in [5, 5.41) is 5.26. The fraction of sp³-hybridized carbons (Fsp3) is 0.333. The van der Waals surface area contributed by atoms with E-state index in [4.69, 9.17) is 0 Å². The first-order valence-corrected chi connectivity index (χ1v) is 12.2. The molecule has 1 unspecified atom stereocenters. The Labute approximate surface area is 194 Å². The predicted molar refractivity (Wildman–Crippen MR) is 130 cm³/mol. The second-order valence-electron chi connectivity index (χ2n) is 8.88. The smallest absolute Gasteiger partial charge is 0.252 e. The van der Waals surface area contributed by atoms with E-state index in [2.05, 4.69) is 49.5 Å². The van der Waals surface area contributed by atoms with Gasteiger partial charge in [0, 0.05) is 30.0 Å². The molecule has 2 aromatic carbocycles. The van der Waals surface area contributed by atoms with Crippen LogP contribution in [-0.4, -0.2) is 23.3 Å². The van der Waals surface area contributed by atoms with Crippen LogP contribution in [0.3, 0.4) is 0 Å². The van der Waals surface area contributed by atoms with Crippen molar-refractivity contribution in [3.63, 3.8) is 0 Å². The van der Waals surface area contributed by atoms with Gasteiger partial charge in [-0.25, -0.2) is 0 Å². The Morgan fingerprint density at radius 1 is 1.03 bits per heavy atom. The zero-order valence-electron chi connectivity index (χ0n) is 18.7. The number of hydrogen-bond acceptors (Lipinski definition) is 3. The van der Waals surface area contributed by atoms with Crippen LogP contribution in [0.15, 0.2) is 66.0 Å². The molecule has 4 nitrogen and oxygen atoms in total. The van der Waals surface area contributed by atoms with Crippen molar-refractivity contribution in [3.05, 3.63) is 93.2 Å². The highest BCUT2D eigenvalue weighted by atomic mass is 32.1. The number of carbonyl (C=O) groups excluding carboxylic acids is 2. The van der Waals surface area contributed by atoms with Gasteiger partial charge in [0.1, 0.15) is 0 Å². The SMILES string of the molecule is CC(C)Cc1ccc(C(NC(=O)c2ccc(CN3CCCC3=O)cc2)c2cccs2)cc1. The van der Waals surface area contributed by atoms with Crippen LogP contribution in [0.1, 0.15) is 64.7 Å². The lowest BCUT2D eigenvalue weighted by molar-refractivity contribution is -0.128. The molecule has 0 saturated carbocycles. The maximum atomic E-state index is 13.1. The van der Waals surface area contributed by atoms with Gasteiger partial charge in [-0.05, 0) is 59.0 Å². The summed E-state index contributed by atoms with van der Waals surface area (Å²) in [4.78, 5) is 27.9. The van der Waals surface area contributed by atoms with Gasteiger partial charge in [-0.15, -0.1) is 11.3 Å². The van der Waals surface area contributed by atoms with Gasteiger partial charge in [-0.2, -0.15) is 0 Å². The van der Waals surface area contributed by atoms with Gasteiger partial charge in [0.2, 0.25) is 5.91 Å². The van der Waals surface area contributed by atoms with E-state index in [9.17, 15) is 9.59 Å². The molecule has 32 heavy (non-hydrogen) atoms. The maximum absolute atomic E-state index is 13.1. The normalized spacial score (nSPS) is 14.7. The van der Waals surface area contributed by atoms with Gasteiger partial charge in [0.25, 0.3) is 5.91 Å². The Bertz CT molecular complexity index is 1040. The van der Waals surface area contributed by atoms with E-state index in [-0.39, 0.29) is 17.9 Å². The molecular weight excluding hydrogens is 416 g/mol. The lowest BCUT2D eigenvalue weighted by Gasteiger charge is -2.19. The summed E-state index contributed by atoms with van der Waals surface area (Å²) in [6.45, 7) is 5.87. The van der Waals surface area contributed by atoms with Gasteiger partial charge in [-0.3, -0.25) is 9.59 Å². The molecule has 1 atom stereocenters. The van der Waals surface area contributed by atoms with Crippen molar-refractivity contribution in [2.45, 2.75) is 45.7 Å². The molecule has 2 heterocycles. The lowest BCUT2D eigenvalue weighted by Crippen LogP contribution is -2.29. The number of nitrogens with one attached hydrogen (secondary N) is 1. The van der Waals surface area contributed by atoms with Gasteiger partial charge in [-0.1, -0.05) is 56.3 Å². The van der Waals surface area contributed by atoms with Crippen LogP contribution in [-0.2, 0) is 17.8 Å². The molecule has 5 heteroatoms. The molecule has 1 aliphatic heterocycles. The molecule has 3 aromatic rings. The average Bonchev–Trinajstić information content (AvgIpc) is 3.45. The summed E-state index contributed by atoms with van der Waals surface area (Å²) in [7, 11) is 0. The number of rotatable bonds is 8. The second kappa shape index (κ2) is 10.1. The average molecular weight is 447 g/mol. The number of nitrogens with zero attached hydrogens (tertiary/aromatic N) is 1. The standard InChI is InChI=1S/C27H30N2O2S/c1-19(2)17-20-7-11-22(12-8-20)26(24-5-4-16-32-24)28-27(31)23-13-9-21(10-14-23)18-29-15-3-6-25(29)30/h4-5,7-14,16,19,26H,3,6,15,17-18H2,1-2H3,(H,28,31). The van der Waals surface area contributed by atoms with Crippen LogP contribution in [0, 0.1) is 5.92 Å². The number of likely N-dealkylation sites (tertiary alicyclic amines) is 1. The van der Waals surface area contributed by atoms with E-state index in [1.54, 1.807) is 11.3 Å². The molecular formula is C27H30N2O2S. The van der Waals surface area contributed by atoms with E-state index >= 15 is 0 Å². The summed E-state index contributed by atoms with van der Waals surface area (Å²) >= 11 is 1.65. The van der Waals surface area contributed by atoms with Gasteiger partial charge >= 0.3 is 0 Å². The Morgan fingerprint density at radius 2 is 1.75 bits per heavy atom. The molecule has 1 saturated heterocycles. The number of thiophene rings is 1. The van der Waals surface area contributed by atoms with Crippen molar-refractivity contribution in [2.75, 3.05) is 6.54 Å². The highest BCUT2D eigenvalue weighted by Crippen LogP contribution is 2.27. The highest BCUT2D eigenvalue weighted by molar-refractivity contribution is 7.10. The third-order valence-corrected chi connectivity index (χ3v) is 6.76. The number of carbonyl (C=O) groups is 2. The van der Waals surface area contributed by atoms with Crippen LogP contribution >= 0.6 is 11.3 Å². The summed E-state index contributed by atoms with van der Waals surface area (Å²) in [5.41, 5.74) is 4.07. The third-order valence-electron chi connectivity index (χ3n) is 5.82. The Hall–Kier alpha value is -2.92. The molecule has 2 amide bonds. The minimum Gasteiger partial charge on any atom is -0.340 e. The minimum atomic E-state index is -0.183. The fourth-order valence-electron chi connectivity index (χ4n) is 4.16. The Balaban J connectivity index is 1.47. The predicted octanol–water partition coefficient (Wildman–Crippen LogP) is 5.59. The van der Waals surface area contributed by atoms with Crippen molar-refractivity contribution in [2.24, 2.45) is 5.92 Å². The molecule has 0 aliphatic carbocycles. The van der Waals surface area contributed by atoms with Crippen molar-refractivity contribution in [1.29, 1.82) is 0 Å². The monoisotopic (exact) mass is 446 g/mol. The molecule has 4 rings (SSSR count). The minimum absolute atomic E-state index is 0.0987. The van der Waals surface area contributed by atoms with Gasteiger partial charge < -0.3 is 10.2 Å². The largest absolute Gasteiger partial charge is 0.340 e. The van der Waals surface area contributed by atoms with Crippen LogP contribution < -0.4 is 5.32 Å². The third kappa shape index (κ3) is 5.46. The highest BCUT2D eigenvalue weighted by Gasteiger charge is 2.21. The number of amides is 2. The summed E-state index contributed by atoms with van der Waals surface area (Å²) in [5.74, 6) is 0.726. The maximum Gasteiger partial charge on any atom is 0.252 e. The van der Waals surface area contributed by atoms with Crippen molar-refractivity contribution < 1.29 is 9.59 Å². The van der Waals surface area contributed by atoms with Crippen LogP contribution in [0.2, 0.25) is 0 Å². The molecule has 166 valence electrons. The summed E-state index contributed by atoms with van der Waals surface area (Å²) in [6, 6.07) is 20.1.